The number of hydrogen-bond acceptors (Lipinski definition) is 4. The third kappa shape index (κ3) is 9.01. The van der Waals surface area contributed by atoms with Gasteiger partial charge in [-0.25, -0.2) is 15.0 Å². The van der Waals surface area contributed by atoms with Gasteiger partial charge < -0.3 is 4.98 Å². The zero-order valence-electron chi connectivity index (χ0n) is 39.5. The predicted octanol–water partition coefficient (Wildman–Crippen LogP) is 16.4. The lowest BCUT2D eigenvalue weighted by Crippen LogP contribution is -2.16. The number of para-hydroxylation sites is 1. The first kappa shape index (κ1) is 43.2. The van der Waals surface area contributed by atoms with Crippen LogP contribution in [-0.2, 0) is 16.2 Å². The van der Waals surface area contributed by atoms with E-state index in [0.717, 1.165) is 84.4 Å². The summed E-state index contributed by atoms with van der Waals surface area (Å²) >= 11 is 0. The number of fused-ring (bicyclic) bond motifs is 1. The molecular formula is C60H59N5. The van der Waals surface area contributed by atoms with Crippen LogP contribution in [0.25, 0.3) is 66.9 Å². The fourth-order valence-electron chi connectivity index (χ4n) is 8.61. The Bertz CT molecular complexity index is 3110. The number of rotatable bonds is 8. The highest BCUT2D eigenvalue weighted by Gasteiger charge is 2.25. The zero-order chi connectivity index (χ0) is 45.7. The van der Waals surface area contributed by atoms with Crippen molar-refractivity contribution in [3.05, 3.63) is 193 Å². The fourth-order valence-corrected chi connectivity index (χ4v) is 8.61. The van der Waals surface area contributed by atoms with E-state index in [-0.39, 0.29) is 16.2 Å². The summed E-state index contributed by atoms with van der Waals surface area (Å²) in [6.45, 7) is 22.6. The van der Waals surface area contributed by atoms with Gasteiger partial charge in [0.05, 0.1) is 28.1 Å². The van der Waals surface area contributed by atoms with Gasteiger partial charge in [-0.1, -0.05) is 165 Å². The largest absolute Gasteiger partial charge is 0.342 e. The third-order valence-electron chi connectivity index (χ3n) is 12.4. The Balaban J connectivity index is 1.36. The Hall–Kier alpha value is -7.11. The van der Waals surface area contributed by atoms with Crippen LogP contribution >= 0.6 is 0 Å². The molecule has 65 heavy (non-hydrogen) atoms. The second-order valence-electron chi connectivity index (χ2n) is 20.5. The molecule has 1 N–H and O–H groups in total. The molecule has 3 aromatic heterocycles. The maximum absolute atomic E-state index is 5.69. The molecule has 0 atom stereocenters. The van der Waals surface area contributed by atoms with E-state index in [9.17, 15) is 0 Å². The van der Waals surface area contributed by atoms with Crippen molar-refractivity contribution in [3.8, 4) is 55.9 Å². The summed E-state index contributed by atoms with van der Waals surface area (Å²) in [5.74, 6) is 1.70. The minimum atomic E-state index is -0.108. The molecule has 0 unspecified atom stereocenters. The summed E-state index contributed by atoms with van der Waals surface area (Å²) in [7, 11) is 0. The number of imidazole rings is 1. The van der Waals surface area contributed by atoms with E-state index in [2.05, 4.69) is 230 Å². The fraction of sp³-hybridized carbons (Fsp3) is 0.217. The Kier molecular flexibility index (Phi) is 11.1. The van der Waals surface area contributed by atoms with E-state index in [1.807, 2.05) is 19.2 Å². The van der Waals surface area contributed by atoms with Gasteiger partial charge >= 0.3 is 0 Å². The monoisotopic (exact) mass is 849 g/mol. The average Bonchev–Trinajstić information content (AvgIpc) is 3.69. The number of pyridine rings is 2. The first-order valence-corrected chi connectivity index (χ1v) is 22.8. The van der Waals surface area contributed by atoms with E-state index >= 15 is 0 Å². The Labute approximate surface area is 385 Å². The summed E-state index contributed by atoms with van der Waals surface area (Å²) in [5, 5.41) is 0. The first-order chi connectivity index (χ1) is 31.0. The minimum absolute atomic E-state index is 0.0563. The molecule has 3 heterocycles. The topological polar surface area (TPSA) is 57.7 Å². The van der Waals surface area contributed by atoms with Crippen LogP contribution in [0.5, 0.6) is 0 Å². The van der Waals surface area contributed by atoms with Crippen LogP contribution in [0.1, 0.15) is 84.8 Å². The number of aromatic amines is 1. The van der Waals surface area contributed by atoms with Gasteiger partial charge in [0.1, 0.15) is 11.6 Å². The molecule has 0 aliphatic carbocycles. The maximum Gasteiger partial charge on any atom is 0.137 e. The number of benzene rings is 6. The van der Waals surface area contributed by atoms with Crippen LogP contribution in [0.2, 0.25) is 0 Å². The molecule has 5 heteroatoms. The Morgan fingerprint density at radius 1 is 0.431 bits per heavy atom. The molecule has 9 aromatic rings. The molecule has 0 bridgehead atoms. The van der Waals surface area contributed by atoms with E-state index in [0.29, 0.717) is 0 Å². The zero-order valence-corrected chi connectivity index (χ0v) is 39.5. The highest BCUT2D eigenvalue weighted by atomic mass is 15.2. The number of aryl methyl sites for hydroxylation is 1. The van der Waals surface area contributed by atoms with Crippen molar-refractivity contribution in [1.82, 2.24) is 19.9 Å². The van der Waals surface area contributed by atoms with Gasteiger partial charge in [-0.05, 0) is 128 Å². The molecule has 0 aliphatic rings. The van der Waals surface area contributed by atoms with Gasteiger partial charge in [0, 0.05) is 28.6 Å². The van der Waals surface area contributed by atoms with Crippen molar-refractivity contribution in [2.24, 2.45) is 0 Å². The standard InChI is InChI=1S/C60H59N5/c1-39-62-54-38-48(60(8,9)10)37-51(57(54)63-39)53-35-44(43-30-46(58(2,3)4)36-47(31-43)59(5,6)7)34-52(64-53)45-29-42(40-21-13-11-14-22-40)32-49(33-45)65(56-27-19-20-28-61-56)55-26-18-17-25-50(55)41-23-15-12-16-24-41/h11-38H,1-10H3,(H,62,63). The van der Waals surface area contributed by atoms with E-state index in [1.54, 1.807) is 0 Å². The minimum Gasteiger partial charge on any atom is -0.342 e. The molecule has 324 valence electrons. The third-order valence-corrected chi connectivity index (χ3v) is 12.4. The lowest BCUT2D eigenvalue weighted by Gasteiger charge is -2.28. The van der Waals surface area contributed by atoms with E-state index < -0.39 is 0 Å². The van der Waals surface area contributed by atoms with Crippen LogP contribution in [0.4, 0.5) is 17.2 Å². The molecule has 0 radical (unpaired) electrons. The summed E-state index contributed by atoms with van der Waals surface area (Å²) in [6, 6.07) is 59.1. The lowest BCUT2D eigenvalue weighted by atomic mass is 9.79. The molecular weight excluding hydrogens is 791 g/mol. The SMILES string of the molecule is Cc1nc2cc(C(C)(C)C)cc(-c3cc(-c4cc(C(C)(C)C)cc(C(C)(C)C)c4)cc(-c4cc(-c5ccccc5)cc(N(c5ccccn5)c5ccccc5-c5ccccc5)c4)n3)c2[nH]1. The molecule has 6 aromatic carbocycles. The van der Waals surface area contributed by atoms with Crippen LogP contribution in [0.3, 0.4) is 0 Å². The van der Waals surface area contributed by atoms with E-state index in [4.69, 9.17) is 15.0 Å². The van der Waals surface area contributed by atoms with Gasteiger partial charge in [-0.3, -0.25) is 4.90 Å². The van der Waals surface area contributed by atoms with Crippen molar-refractivity contribution in [3.63, 3.8) is 0 Å². The molecule has 0 amide bonds. The summed E-state index contributed by atoms with van der Waals surface area (Å²) in [6.07, 6.45) is 1.87. The van der Waals surface area contributed by atoms with E-state index in [1.165, 1.54) is 22.3 Å². The number of nitrogens with zero attached hydrogens (tertiary/aromatic N) is 4. The number of H-pyrrole nitrogens is 1. The van der Waals surface area contributed by atoms with Gasteiger partial charge in [0.15, 0.2) is 0 Å². The van der Waals surface area contributed by atoms with Gasteiger partial charge in [-0.15, -0.1) is 0 Å². The van der Waals surface area contributed by atoms with Crippen molar-refractivity contribution < 1.29 is 0 Å². The smallest absolute Gasteiger partial charge is 0.137 e. The lowest BCUT2D eigenvalue weighted by molar-refractivity contribution is 0.569. The second-order valence-corrected chi connectivity index (χ2v) is 20.5. The summed E-state index contributed by atoms with van der Waals surface area (Å²) in [5.41, 5.74) is 18.0. The van der Waals surface area contributed by atoms with Crippen LogP contribution < -0.4 is 4.90 Å². The van der Waals surface area contributed by atoms with Crippen LogP contribution in [0.15, 0.2) is 170 Å². The van der Waals surface area contributed by atoms with Gasteiger partial charge in [0.25, 0.3) is 0 Å². The highest BCUT2D eigenvalue weighted by Crippen LogP contribution is 2.44. The van der Waals surface area contributed by atoms with Crippen molar-refractivity contribution in [2.75, 3.05) is 4.90 Å². The summed E-state index contributed by atoms with van der Waals surface area (Å²) < 4.78 is 0. The van der Waals surface area contributed by atoms with Crippen LogP contribution in [-0.4, -0.2) is 19.9 Å². The predicted molar refractivity (Wildman–Crippen MR) is 274 cm³/mol. The highest BCUT2D eigenvalue weighted by molar-refractivity contribution is 5.95. The summed E-state index contributed by atoms with van der Waals surface area (Å²) in [4.78, 5) is 21.6. The normalized spacial score (nSPS) is 12.2. The number of hydrogen-bond donors (Lipinski definition) is 1. The second kappa shape index (κ2) is 16.8. The Morgan fingerprint density at radius 2 is 0.985 bits per heavy atom. The van der Waals surface area contributed by atoms with Gasteiger partial charge in [0.2, 0.25) is 0 Å². The molecule has 9 rings (SSSR count). The maximum atomic E-state index is 5.69. The molecule has 0 aliphatic heterocycles. The molecule has 5 nitrogen and oxygen atoms in total. The number of nitrogens with one attached hydrogen (secondary N) is 1. The Morgan fingerprint density at radius 3 is 1.63 bits per heavy atom. The number of aromatic nitrogens is 4. The molecule has 0 fully saturated rings. The van der Waals surface area contributed by atoms with Gasteiger partial charge in [-0.2, -0.15) is 0 Å². The molecule has 0 spiro atoms. The molecule has 0 saturated heterocycles. The average molecular weight is 850 g/mol. The van der Waals surface area contributed by atoms with Crippen molar-refractivity contribution >= 4 is 28.2 Å². The number of anilines is 3. The van der Waals surface area contributed by atoms with Crippen molar-refractivity contribution in [1.29, 1.82) is 0 Å². The molecule has 0 saturated carbocycles. The van der Waals surface area contributed by atoms with Crippen molar-refractivity contribution in [2.45, 2.75) is 85.5 Å². The quantitative estimate of drug-likeness (QED) is 0.165. The first-order valence-electron chi connectivity index (χ1n) is 22.8. The van der Waals surface area contributed by atoms with Crippen LogP contribution in [0, 0.1) is 6.92 Å².